The maximum Gasteiger partial charge on any atom is 0.230 e. The molecular formula is C9H17BrN2O2. The first-order valence-electron chi connectivity index (χ1n) is 4.80. The molecule has 5 heteroatoms. The normalized spacial score (nSPS) is 9.57. The van der Waals surface area contributed by atoms with Crippen LogP contribution in [0.4, 0.5) is 0 Å². The van der Waals surface area contributed by atoms with Crippen molar-refractivity contribution in [2.45, 2.75) is 26.2 Å². The Balaban J connectivity index is 3.27. The second kappa shape index (κ2) is 8.99. The van der Waals surface area contributed by atoms with E-state index >= 15 is 0 Å². The molecule has 0 saturated heterocycles. The van der Waals surface area contributed by atoms with Gasteiger partial charge in [0.1, 0.15) is 0 Å². The third-order valence-electron chi connectivity index (χ3n) is 1.60. The molecule has 0 heterocycles. The number of alkyl halides is 1. The SMILES string of the molecule is CCCNC(=O)CCCNC(=O)CBr. The van der Waals surface area contributed by atoms with Crippen LogP contribution >= 0.6 is 15.9 Å². The van der Waals surface area contributed by atoms with Crippen LogP contribution in [0.15, 0.2) is 0 Å². The van der Waals surface area contributed by atoms with E-state index in [1.807, 2.05) is 6.92 Å². The Morgan fingerprint density at radius 1 is 1.14 bits per heavy atom. The second-order valence-electron chi connectivity index (χ2n) is 2.94. The number of hydrogen-bond donors (Lipinski definition) is 2. The van der Waals surface area contributed by atoms with Gasteiger partial charge in [-0.15, -0.1) is 0 Å². The molecule has 0 fully saturated rings. The van der Waals surface area contributed by atoms with Gasteiger partial charge in [-0.05, 0) is 12.8 Å². The van der Waals surface area contributed by atoms with E-state index in [0.717, 1.165) is 13.0 Å². The van der Waals surface area contributed by atoms with Gasteiger partial charge in [0.15, 0.2) is 0 Å². The number of carbonyl (C=O) groups is 2. The summed E-state index contributed by atoms with van der Waals surface area (Å²) in [4.78, 5) is 21.9. The molecule has 82 valence electrons. The van der Waals surface area contributed by atoms with Crippen LogP contribution in [0.3, 0.4) is 0 Å². The minimum absolute atomic E-state index is 0.0426. The standard InChI is InChI=1S/C9H17BrN2O2/c1-2-5-11-8(13)4-3-6-12-9(14)7-10/h2-7H2,1H3,(H,11,13)(H,12,14). The van der Waals surface area contributed by atoms with Gasteiger partial charge in [-0.1, -0.05) is 22.9 Å². The van der Waals surface area contributed by atoms with E-state index in [0.29, 0.717) is 24.7 Å². The lowest BCUT2D eigenvalue weighted by Gasteiger charge is -2.04. The van der Waals surface area contributed by atoms with Gasteiger partial charge in [-0.2, -0.15) is 0 Å². The predicted octanol–water partition coefficient (Wildman–Crippen LogP) is 0.804. The third-order valence-corrected chi connectivity index (χ3v) is 2.11. The first kappa shape index (κ1) is 13.4. The number of amides is 2. The Labute approximate surface area is 92.9 Å². The summed E-state index contributed by atoms with van der Waals surface area (Å²) in [7, 11) is 0. The van der Waals surface area contributed by atoms with Gasteiger partial charge in [0.05, 0.1) is 5.33 Å². The van der Waals surface area contributed by atoms with Crippen LogP contribution in [0.5, 0.6) is 0 Å². The second-order valence-corrected chi connectivity index (χ2v) is 3.50. The Morgan fingerprint density at radius 2 is 1.79 bits per heavy atom. The van der Waals surface area contributed by atoms with Gasteiger partial charge in [-0.25, -0.2) is 0 Å². The zero-order valence-corrected chi connectivity index (χ0v) is 10.0. The fourth-order valence-corrected chi connectivity index (χ4v) is 1.08. The van der Waals surface area contributed by atoms with Crippen LogP contribution in [-0.2, 0) is 9.59 Å². The number of rotatable bonds is 7. The molecule has 0 aromatic rings. The summed E-state index contributed by atoms with van der Waals surface area (Å²) in [5.41, 5.74) is 0. The molecule has 0 saturated carbocycles. The highest BCUT2D eigenvalue weighted by molar-refractivity contribution is 9.09. The van der Waals surface area contributed by atoms with E-state index in [2.05, 4.69) is 26.6 Å². The monoisotopic (exact) mass is 264 g/mol. The van der Waals surface area contributed by atoms with Crippen LogP contribution < -0.4 is 10.6 Å². The van der Waals surface area contributed by atoms with Crippen molar-refractivity contribution in [3.63, 3.8) is 0 Å². The Hall–Kier alpha value is -0.580. The molecule has 0 aliphatic heterocycles. The summed E-state index contributed by atoms with van der Waals surface area (Å²) in [6.45, 7) is 3.30. The third kappa shape index (κ3) is 8.04. The number of halogens is 1. The van der Waals surface area contributed by atoms with E-state index < -0.39 is 0 Å². The summed E-state index contributed by atoms with van der Waals surface area (Å²) < 4.78 is 0. The maximum atomic E-state index is 11.1. The topological polar surface area (TPSA) is 58.2 Å². The summed E-state index contributed by atoms with van der Waals surface area (Å²) in [6, 6.07) is 0. The van der Waals surface area contributed by atoms with Gasteiger partial charge < -0.3 is 10.6 Å². The average Bonchev–Trinajstić information content (AvgIpc) is 2.21. The largest absolute Gasteiger partial charge is 0.356 e. The van der Waals surface area contributed by atoms with E-state index in [9.17, 15) is 9.59 Å². The molecular weight excluding hydrogens is 248 g/mol. The Morgan fingerprint density at radius 3 is 2.36 bits per heavy atom. The van der Waals surface area contributed by atoms with Crippen molar-refractivity contribution in [3.05, 3.63) is 0 Å². The van der Waals surface area contributed by atoms with E-state index in [1.54, 1.807) is 0 Å². The minimum atomic E-state index is -0.0426. The lowest BCUT2D eigenvalue weighted by atomic mass is 10.3. The molecule has 0 spiro atoms. The fourth-order valence-electron chi connectivity index (χ4n) is 0.877. The van der Waals surface area contributed by atoms with Crippen LogP contribution in [0.25, 0.3) is 0 Å². The highest BCUT2D eigenvalue weighted by Gasteiger charge is 2.00. The Bertz CT molecular complexity index is 186. The van der Waals surface area contributed by atoms with Gasteiger partial charge in [0, 0.05) is 19.5 Å². The van der Waals surface area contributed by atoms with Crippen LogP contribution in [0, 0.1) is 0 Å². The van der Waals surface area contributed by atoms with Gasteiger partial charge in [-0.3, -0.25) is 9.59 Å². The van der Waals surface area contributed by atoms with Crippen molar-refractivity contribution in [1.82, 2.24) is 10.6 Å². The van der Waals surface area contributed by atoms with Crippen LogP contribution in [0.2, 0.25) is 0 Å². The van der Waals surface area contributed by atoms with E-state index in [4.69, 9.17) is 0 Å². The zero-order chi connectivity index (χ0) is 10.8. The van der Waals surface area contributed by atoms with Crippen molar-refractivity contribution in [1.29, 1.82) is 0 Å². The molecule has 2 N–H and O–H groups in total. The van der Waals surface area contributed by atoms with E-state index in [-0.39, 0.29) is 11.8 Å². The van der Waals surface area contributed by atoms with Crippen molar-refractivity contribution < 1.29 is 9.59 Å². The van der Waals surface area contributed by atoms with Crippen molar-refractivity contribution in [2.24, 2.45) is 0 Å². The molecule has 14 heavy (non-hydrogen) atoms. The minimum Gasteiger partial charge on any atom is -0.356 e. The van der Waals surface area contributed by atoms with E-state index in [1.165, 1.54) is 0 Å². The van der Waals surface area contributed by atoms with Gasteiger partial charge >= 0.3 is 0 Å². The molecule has 0 aromatic carbocycles. The average molecular weight is 265 g/mol. The number of nitrogens with one attached hydrogen (secondary N) is 2. The smallest absolute Gasteiger partial charge is 0.230 e. The maximum absolute atomic E-state index is 11.1. The summed E-state index contributed by atoms with van der Waals surface area (Å²) in [5.74, 6) is 0.0129. The highest BCUT2D eigenvalue weighted by atomic mass is 79.9. The molecule has 0 aromatic heterocycles. The van der Waals surface area contributed by atoms with Crippen molar-refractivity contribution in [3.8, 4) is 0 Å². The molecule has 4 nitrogen and oxygen atoms in total. The fraction of sp³-hybridized carbons (Fsp3) is 0.778. The van der Waals surface area contributed by atoms with Crippen LogP contribution in [-0.4, -0.2) is 30.2 Å². The molecule has 0 aliphatic rings. The quantitative estimate of drug-likeness (QED) is 0.528. The number of hydrogen-bond acceptors (Lipinski definition) is 2. The highest BCUT2D eigenvalue weighted by Crippen LogP contribution is 1.88. The lowest BCUT2D eigenvalue weighted by molar-refractivity contribution is -0.122. The zero-order valence-electron chi connectivity index (χ0n) is 8.44. The summed E-state index contributed by atoms with van der Waals surface area (Å²) in [6.07, 6.45) is 2.11. The van der Waals surface area contributed by atoms with Gasteiger partial charge in [0.25, 0.3) is 0 Å². The van der Waals surface area contributed by atoms with Crippen molar-refractivity contribution >= 4 is 27.7 Å². The molecule has 2 amide bonds. The summed E-state index contributed by atoms with van der Waals surface area (Å²) >= 11 is 3.04. The van der Waals surface area contributed by atoms with Crippen LogP contribution in [0.1, 0.15) is 26.2 Å². The number of carbonyl (C=O) groups excluding carboxylic acids is 2. The first-order valence-corrected chi connectivity index (χ1v) is 5.92. The van der Waals surface area contributed by atoms with Gasteiger partial charge in [0.2, 0.25) is 11.8 Å². The molecule has 0 aliphatic carbocycles. The molecule has 0 radical (unpaired) electrons. The van der Waals surface area contributed by atoms with Crippen molar-refractivity contribution in [2.75, 3.05) is 18.4 Å². The molecule has 0 atom stereocenters. The Kier molecular flexibility index (Phi) is 8.62. The molecule has 0 bridgehead atoms. The first-order chi connectivity index (χ1) is 6.70. The predicted molar refractivity (Wildman–Crippen MR) is 59.3 cm³/mol. The summed E-state index contributed by atoms with van der Waals surface area (Å²) in [5, 5.41) is 5.77. The molecule has 0 unspecified atom stereocenters. The lowest BCUT2D eigenvalue weighted by Crippen LogP contribution is -2.28. The molecule has 0 rings (SSSR count).